The van der Waals surface area contributed by atoms with Crippen LogP contribution in [0.4, 0.5) is 4.39 Å². The number of amides is 1. The highest BCUT2D eigenvalue weighted by molar-refractivity contribution is 5.97. The number of halogens is 1. The number of carbonyl (C=O) groups excluding carboxylic acids is 1. The number of aromatic amines is 1. The molecule has 0 bridgehead atoms. The van der Waals surface area contributed by atoms with Gasteiger partial charge in [0.2, 0.25) is 0 Å². The first-order chi connectivity index (χ1) is 11.7. The number of benzene rings is 2. The third kappa shape index (κ3) is 2.64. The van der Waals surface area contributed by atoms with Crippen LogP contribution in [0.15, 0.2) is 48.8 Å². The number of fused-ring (bicyclic) bond motifs is 1. The molecule has 2 atom stereocenters. The van der Waals surface area contributed by atoms with Gasteiger partial charge in [-0.3, -0.25) is 10.2 Å². The van der Waals surface area contributed by atoms with E-state index in [1.54, 1.807) is 42.7 Å². The van der Waals surface area contributed by atoms with Crippen LogP contribution in [0, 0.1) is 5.82 Å². The van der Waals surface area contributed by atoms with E-state index in [0.29, 0.717) is 17.7 Å². The molecule has 6 nitrogen and oxygen atoms in total. The number of aromatic nitrogens is 2. The molecule has 4 N–H and O–H groups in total. The molecule has 1 fully saturated rings. The number of nitrogens with zero attached hydrogens (tertiary/aromatic N) is 1. The minimum Gasteiger partial charge on any atom is -0.346 e. The summed E-state index contributed by atoms with van der Waals surface area (Å²) in [6.07, 6.45) is 1.59. The van der Waals surface area contributed by atoms with Crippen molar-refractivity contribution >= 4 is 16.9 Å². The summed E-state index contributed by atoms with van der Waals surface area (Å²) in [5, 5.41) is 2.96. The number of carbonyl (C=O) groups is 1. The van der Waals surface area contributed by atoms with Gasteiger partial charge < -0.3 is 10.3 Å². The molecule has 2 heterocycles. The molecule has 7 heteroatoms. The fourth-order valence-corrected chi connectivity index (χ4v) is 2.98. The highest BCUT2D eigenvalue weighted by Crippen LogP contribution is 2.22. The van der Waals surface area contributed by atoms with Crippen molar-refractivity contribution in [1.82, 2.24) is 26.1 Å². The van der Waals surface area contributed by atoms with Crippen LogP contribution in [0.3, 0.4) is 0 Å². The molecule has 3 aromatic rings. The van der Waals surface area contributed by atoms with Crippen LogP contribution in [0.5, 0.6) is 0 Å². The first-order valence-corrected chi connectivity index (χ1v) is 7.69. The third-order valence-electron chi connectivity index (χ3n) is 4.22. The Morgan fingerprint density at radius 1 is 1.25 bits per heavy atom. The van der Waals surface area contributed by atoms with E-state index in [9.17, 15) is 9.18 Å². The second-order valence-corrected chi connectivity index (χ2v) is 5.74. The van der Waals surface area contributed by atoms with E-state index in [2.05, 4.69) is 26.1 Å². The van der Waals surface area contributed by atoms with Gasteiger partial charge in [-0.2, -0.15) is 0 Å². The van der Waals surface area contributed by atoms with Gasteiger partial charge in [-0.25, -0.2) is 14.8 Å². The zero-order valence-corrected chi connectivity index (χ0v) is 12.7. The summed E-state index contributed by atoms with van der Waals surface area (Å²) in [5.41, 5.74) is 8.67. The Morgan fingerprint density at radius 2 is 2.12 bits per heavy atom. The molecule has 0 saturated carbocycles. The van der Waals surface area contributed by atoms with Crippen LogP contribution >= 0.6 is 0 Å². The lowest BCUT2D eigenvalue weighted by molar-refractivity contribution is 0.0935. The van der Waals surface area contributed by atoms with Crippen LogP contribution in [-0.2, 0) is 0 Å². The fraction of sp³-hybridized carbons (Fsp3) is 0.176. The standard InChI is InChI=1S/C17H16FN5O/c18-12-4-2-1-3-11(12)16-15(8-21-23-16)22-17(24)10-5-6-13-14(7-10)20-9-19-13/h1-7,9,15-16,21,23H,8H2,(H,19,20)(H,22,24). The van der Waals surface area contributed by atoms with E-state index < -0.39 is 0 Å². The average molecular weight is 325 g/mol. The molecule has 0 radical (unpaired) electrons. The van der Waals surface area contributed by atoms with Gasteiger partial charge >= 0.3 is 0 Å². The summed E-state index contributed by atoms with van der Waals surface area (Å²) in [6, 6.07) is 11.3. The second kappa shape index (κ2) is 6.03. The minimum absolute atomic E-state index is 0.205. The highest BCUT2D eigenvalue weighted by Gasteiger charge is 2.31. The number of hydrogen-bond donors (Lipinski definition) is 4. The summed E-state index contributed by atoms with van der Waals surface area (Å²) < 4.78 is 14.0. The van der Waals surface area contributed by atoms with E-state index in [1.807, 2.05) is 0 Å². The predicted octanol–water partition coefficient (Wildman–Crippen LogP) is 1.65. The van der Waals surface area contributed by atoms with Crippen molar-refractivity contribution in [3.8, 4) is 0 Å². The molecule has 2 aromatic carbocycles. The van der Waals surface area contributed by atoms with Gasteiger partial charge in [-0.05, 0) is 24.3 Å². The molecular formula is C17H16FN5O. The third-order valence-corrected chi connectivity index (χ3v) is 4.22. The van der Waals surface area contributed by atoms with Crippen LogP contribution < -0.4 is 16.2 Å². The van der Waals surface area contributed by atoms with E-state index in [4.69, 9.17) is 0 Å². The first kappa shape index (κ1) is 14.8. The first-order valence-electron chi connectivity index (χ1n) is 7.69. The quantitative estimate of drug-likeness (QED) is 0.590. The van der Waals surface area contributed by atoms with Crippen LogP contribution in [0.25, 0.3) is 11.0 Å². The maximum absolute atomic E-state index is 14.0. The Labute approximate surface area is 137 Å². The van der Waals surface area contributed by atoms with E-state index in [0.717, 1.165) is 11.0 Å². The SMILES string of the molecule is O=C(NC1CNNC1c1ccccc1F)c1ccc2nc[nH]c2c1. The Morgan fingerprint density at radius 3 is 3.00 bits per heavy atom. The normalized spacial score (nSPS) is 20.4. The van der Waals surface area contributed by atoms with Crippen molar-refractivity contribution in [2.24, 2.45) is 0 Å². The number of imidazole rings is 1. The lowest BCUT2D eigenvalue weighted by Gasteiger charge is -2.20. The molecule has 1 saturated heterocycles. The van der Waals surface area contributed by atoms with E-state index in [-0.39, 0.29) is 23.8 Å². The van der Waals surface area contributed by atoms with Crippen molar-refractivity contribution in [3.63, 3.8) is 0 Å². The van der Waals surface area contributed by atoms with Gasteiger partial charge in [0.05, 0.1) is 29.4 Å². The molecule has 4 rings (SSSR count). The average Bonchev–Trinajstić information content (AvgIpc) is 3.23. The van der Waals surface area contributed by atoms with Crippen molar-refractivity contribution in [2.75, 3.05) is 6.54 Å². The number of nitrogens with one attached hydrogen (secondary N) is 4. The molecule has 0 aliphatic carbocycles. The smallest absolute Gasteiger partial charge is 0.251 e. The Balaban J connectivity index is 1.55. The highest BCUT2D eigenvalue weighted by atomic mass is 19.1. The Hall–Kier alpha value is -2.77. The largest absolute Gasteiger partial charge is 0.346 e. The van der Waals surface area contributed by atoms with Gasteiger partial charge in [-0.1, -0.05) is 18.2 Å². The van der Waals surface area contributed by atoms with Crippen LogP contribution in [0.2, 0.25) is 0 Å². The van der Waals surface area contributed by atoms with Crippen LogP contribution in [0.1, 0.15) is 22.0 Å². The monoisotopic (exact) mass is 325 g/mol. The maximum atomic E-state index is 14.0. The van der Waals surface area contributed by atoms with E-state index >= 15 is 0 Å². The molecule has 1 aliphatic heterocycles. The lowest BCUT2D eigenvalue weighted by atomic mass is 10.00. The van der Waals surface area contributed by atoms with Crippen molar-refractivity contribution < 1.29 is 9.18 Å². The molecular weight excluding hydrogens is 309 g/mol. The Kier molecular flexibility index (Phi) is 3.72. The summed E-state index contributed by atoms with van der Waals surface area (Å²) in [6.45, 7) is 0.511. The number of rotatable bonds is 3. The molecule has 1 amide bonds. The molecule has 24 heavy (non-hydrogen) atoms. The topological polar surface area (TPSA) is 81.8 Å². The number of H-pyrrole nitrogens is 1. The van der Waals surface area contributed by atoms with Gasteiger partial charge in [0.25, 0.3) is 5.91 Å². The summed E-state index contributed by atoms with van der Waals surface area (Å²) >= 11 is 0. The molecule has 1 aliphatic rings. The zero-order chi connectivity index (χ0) is 16.5. The molecule has 1 aromatic heterocycles. The lowest BCUT2D eigenvalue weighted by Crippen LogP contribution is -2.40. The maximum Gasteiger partial charge on any atom is 0.251 e. The number of hydrazine groups is 1. The molecule has 2 unspecified atom stereocenters. The van der Waals surface area contributed by atoms with Gasteiger partial charge in [0.15, 0.2) is 0 Å². The van der Waals surface area contributed by atoms with Gasteiger partial charge in [0, 0.05) is 17.7 Å². The predicted molar refractivity (Wildman–Crippen MR) is 87.6 cm³/mol. The van der Waals surface area contributed by atoms with Gasteiger partial charge in [0.1, 0.15) is 5.82 Å². The summed E-state index contributed by atoms with van der Waals surface area (Å²) in [7, 11) is 0. The Bertz CT molecular complexity index is 893. The second-order valence-electron chi connectivity index (χ2n) is 5.74. The van der Waals surface area contributed by atoms with Crippen molar-refractivity contribution in [3.05, 3.63) is 65.7 Å². The number of hydrogen-bond acceptors (Lipinski definition) is 4. The zero-order valence-electron chi connectivity index (χ0n) is 12.7. The van der Waals surface area contributed by atoms with Crippen LogP contribution in [-0.4, -0.2) is 28.5 Å². The van der Waals surface area contributed by atoms with Crippen molar-refractivity contribution in [2.45, 2.75) is 12.1 Å². The van der Waals surface area contributed by atoms with Crippen molar-refractivity contribution in [1.29, 1.82) is 0 Å². The summed E-state index contributed by atoms with van der Waals surface area (Å²) in [5.74, 6) is -0.500. The summed E-state index contributed by atoms with van der Waals surface area (Å²) in [4.78, 5) is 19.7. The molecule has 122 valence electrons. The fourth-order valence-electron chi connectivity index (χ4n) is 2.98. The molecule has 0 spiro atoms. The minimum atomic E-state index is -0.328. The van der Waals surface area contributed by atoms with E-state index in [1.165, 1.54) is 6.07 Å². The van der Waals surface area contributed by atoms with Gasteiger partial charge in [-0.15, -0.1) is 0 Å².